The number of methoxy groups -OCH3 is 2. The Bertz CT molecular complexity index is 1560. The summed E-state index contributed by atoms with van der Waals surface area (Å²) in [5, 5.41) is 0.381. The van der Waals surface area contributed by atoms with E-state index in [9.17, 15) is 9.59 Å². The third-order valence-corrected chi connectivity index (χ3v) is 6.52. The van der Waals surface area contributed by atoms with Crippen molar-refractivity contribution < 1.29 is 23.4 Å². The molecule has 1 aliphatic heterocycles. The normalized spacial score (nSPS) is 14.6. The van der Waals surface area contributed by atoms with E-state index in [4.69, 9.17) is 18.6 Å². The SMILES string of the molecule is C=CCOc1ccc(C2c3c(oc4ccc(Br)cc4c3=O)C(=O)N2c2cccc(OC)c2)cc1OC. The zero-order chi connectivity index (χ0) is 25.4. The maximum absolute atomic E-state index is 13.8. The first-order chi connectivity index (χ1) is 17.5. The van der Waals surface area contributed by atoms with E-state index in [2.05, 4.69) is 22.5 Å². The minimum atomic E-state index is -0.762. The van der Waals surface area contributed by atoms with E-state index >= 15 is 0 Å². The largest absolute Gasteiger partial charge is 0.497 e. The maximum atomic E-state index is 13.8. The van der Waals surface area contributed by atoms with Gasteiger partial charge in [0.2, 0.25) is 5.76 Å². The van der Waals surface area contributed by atoms with E-state index in [0.29, 0.717) is 46.1 Å². The van der Waals surface area contributed by atoms with Crippen molar-refractivity contribution in [2.45, 2.75) is 6.04 Å². The Kier molecular flexibility index (Phi) is 6.28. The minimum absolute atomic E-state index is 0.00796. The molecule has 4 aromatic rings. The van der Waals surface area contributed by atoms with Crippen LogP contribution in [0.15, 0.2) is 87.0 Å². The highest BCUT2D eigenvalue weighted by molar-refractivity contribution is 9.10. The number of nitrogens with zero attached hydrogens (tertiary/aromatic N) is 1. The molecule has 5 rings (SSSR count). The molecule has 0 aliphatic carbocycles. The number of anilines is 1. The molecule has 0 N–H and O–H groups in total. The molecule has 0 bridgehead atoms. The first-order valence-corrected chi connectivity index (χ1v) is 11.9. The summed E-state index contributed by atoms with van der Waals surface area (Å²) >= 11 is 3.42. The van der Waals surface area contributed by atoms with Gasteiger partial charge in [0.25, 0.3) is 5.91 Å². The number of halogens is 1. The van der Waals surface area contributed by atoms with Crippen LogP contribution in [0.2, 0.25) is 0 Å². The Balaban J connectivity index is 1.76. The van der Waals surface area contributed by atoms with Crippen LogP contribution in [0.1, 0.15) is 27.7 Å². The lowest BCUT2D eigenvalue weighted by atomic mass is 9.97. The number of hydrogen-bond donors (Lipinski definition) is 0. The Labute approximate surface area is 215 Å². The van der Waals surface area contributed by atoms with E-state index in [-0.39, 0.29) is 16.8 Å². The van der Waals surface area contributed by atoms with Gasteiger partial charge < -0.3 is 18.6 Å². The summed E-state index contributed by atoms with van der Waals surface area (Å²) in [6, 6.07) is 16.8. The van der Waals surface area contributed by atoms with E-state index in [1.54, 1.807) is 72.7 Å². The van der Waals surface area contributed by atoms with Crippen molar-refractivity contribution in [1.29, 1.82) is 0 Å². The summed E-state index contributed by atoms with van der Waals surface area (Å²) < 4.78 is 23.4. The molecule has 1 aliphatic rings. The summed E-state index contributed by atoms with van der Waals surface area (Å²) in [5.74, 6) is 1.15. The van der Waals surface area contributed by atoms with Crippen molar-refractivity contribution in [3.8, 4) is 17.2 Å². The topological polar surface area (TPSA) is 78.2 Å². The van der Waals surface area contributed by atoms with Crippen LogP contribution in [0.25, 0.3) is 11.0 Å². The Morgan fingerprint density at radius 2 is 1.86 bits per heavy atom. The predicted octanol–water partition coefficient (Wildman–Crippen LogP) is 5.89. The first-order valence-electron chi connectivity index (χ1n) is 11.1. The fourth-order valence-electron chi connectivity index (χ4n) is 4.41. The molecular formula is C28H22BrNO6. The molecule has 36 heavy (non-hydrogen) atoms. The third-order valence-electron chi connectivity index (χ3n) is 6.02. The van der Waals surface area contributed by atoms with Crippen LogP contribution in [0.3, 0.4) is 0 Å². The van der Waals surface area contributed by atoms with Gasteiger partial charge in [-0.3, -0.25) is 14.5 Å². The van der Waals surface area contributed by atoms with Gasteiger partial charge in [-0.1, -0.05) is 40.7 Å². The van der Waals surface area contributed by atoms with Gasteiger partial charge in [0.1, 0.15) is 17.9 Å². The molecule has 1 atom stereocenters. The zero-order valence-electron chi connectivity index (χ0n) is 19.6. The van der Waals surface area contributed by atoms with Gasteiger partial charge in [-0.15, -0.1) is 0 Å². The molecule has 0 saturated heterocycles. The Morgan fingerprint density at radius 3 is 2.61 bits per heavy atom. The van der Waals surface area contributed by atoms with Crippen LogP contribution in [0, 0.1) is 0 Å². The van der Waals surface area contributed by atoms with Crippen molar-refractivity contribution in [3.05, 3.63) is 105 Å². The second-order valence-corrected chi connectivity index (χ2v) is 9.02. The van der Waals surface area contributed by atoms with Crippen molar-refractivity contribution in [2.24, 2.45) is 0 Å². The summed E-state index contributed by atoms with van der Waals surface area (Å²) in [5.41, 5.74) is 1.55. The third kappa shape index (κ3) is 3.93. The van der Waals surface area contributed by atoms with Crippen LogP contribution < -0.4 is 24.5 Å². The highest BCUT2D eigenvalue weighted by Gasteiger charge is 2.44. The predicted molar refractivity (Wildman–Crippen MR) is 141 cm³/mol. The number of rotatable bonds is 7. The standard InChI is InChI=1S/C28H22BrNO6/c1-4-12-35-22-10-8-16(13-23(22)34-3)25-24-26(31)20-14-17(29)9-11-21(20)36-27(24)28(32)30(25)18-6-5-7-19(15-18)33-2/h4-11,13-15,25H,1,12H2,2-3H3. The second kappa shape index (κ2) is 9.54. The minimum Gasteiger partial charge on any atom is -0.497 e. The van der Waals surface area contributed by atoms with Crippen molar-refractivity contribution in [1.82, 2.24) is 0 Å². The monoisotopic (exact) mass is 547 g/mol. The molecule has 0 spiro atoms. The van der Waals surface area contributed by atoms with Gasteiger partial charge >= 0.3 is 0 Å². The lowest BCUT2D eigenvalue weighted by Crippen LogP contribution is -2.29. The lowest BCUT2D eigenvalue weighted by Gasteiger charge is -2.26. The molecule has 1 amide bonds. The Hall–Kier alpha value is -4.04. The average molecular weight is 548 g/mol. The maximum Gasteiger partial charge on any atom is 0.295 e. The van der Waals surface area contributed by atoms with Gasteiger partial charge in [-0.2, -0.15) is 0 Å². The molecule has 0 saturated carbocycles. The summed E-state index contributed by atoms with van der Waals surface area (Å²) in [6.45, 7) is 3.98. The lowest BCUT2D eigenvalue weighted by molar-refractivity contribution is 0.0971. The average Bonchev–Trinajstić information content (AvgIpc) is 3.20. The van der Waals surface area contributed by atoms with E-state index in [1.165, 1.54) is 7.11 Å². The molecule has 0 fully saturated rings. The molecule has 2 heterocycles. The number of carbonyl (C=O) groups is 1. The van der Waals surface area contributed by atoms with E-state index < -0.39 is 11.9 Å². The fraction of sp³-hybridized carbons (Fsp3) is 0.143. The molecule has 1 aromatic heterocycles. The van der Waals surface area contributed by atoms with Gasteiger partial charge in [-0.05, 0) is 48.0 Å². The highest BCUT2D eigenvalue weighted by Crippen LogP contribution is 2.44. The summed E-state index contributed by atoms with van der Waals surface area (Å²) in [7, 11) is 3.09. The van der Waals surface area contributed by atoms with Gasteiger partial charge in [-0.25, -0.2) is 0 Å². The number of ether oxygens (including phenoxy) is 3. The smallest absolute Gasteiger partial charge is 0.295 e. The summed E-state index contributed by atoms with van der Waals surface area (Å²) in [6.07, 6.45) is 1.64. The molecule has 8 heteroatoms. The molecular weight excluding hydrogens is 526 g/mol. The highest BCUT2D eigenvalue weighted by atomic mass is 79.9. The van der Waals surface area contributed by atoms with Crippen molar-refractivity contribution in [2.75, 3.05) is 25.7 Å². The van der Waals surface area contributed by atoms with Crippen LogP contribution >= 0.6 is 15.9 Å². The van der Waals surface area contributed by atoms with Crippen LogP contribution in [-0.2, 0) is 0 Å². The molecule has 3 aromatic carbocycles. The fourth-order valence-corrected chi connectivity index (χ4v) is 4.77. The van der Waals surface area contributed by atoms with Gasteiger partial charge in [0, 0.05) is 16.2 Å². The second-order valence-electron chi connectivity index (χ2n) is 8.10. The zero-order valence-corrected chi connectivity index (χ0v) is 21.2. The number of carbonyl (C=O) groups excluding carboxylic acids is 1. The van der Waals surface area contributed by atoms with Crippen molar-refractivity contribution >= 4 is 38.5 Å². The van der Waals surface area contributed by atoms with Gasteiger partial charge in [0.05, 0.1) is 31.2 Å². The number of amides is 1. The van der Waals surface area contributed by atoms with E-state index in [0.717, 1.165) is 4.47 Å². The quantitative estimate of drug-likeness (QED) is 0.268. The van der Waals surface area contributed by atoms with Crippen LogP contribution in [0.4, 0.5) is 5.69 Å². The molecule has 182 valence electrons. The number of hydrogen-bond acceptors (Lipinski definition) is 6. The van der Waals surface area contributed by atoms with Crippen LogP contribution in [0.5, 0.6) is 17.2 Å². The molecule has 1 unspecified atom stereocenters. The first kappa shape index (κ1) is 23.7. The number of fused-ring (bicyclic) bond motifs is 2. The Morgan fingerprint density at radius 1 is 1.03 bits per heavy atom. The summed E-state index contributed by atoms with van der Waals surface area (Å²) in [4.78, 5) is 29.1. The number of benzene rings is 3. The van der Waals surface area contributed by atoms with Gasteiger partial charge in [0.15, 0.2) is 16.9 Å². The van der Waals surface area contributed by atoms with E-state index in [1.807, 2.05) is 6.07 Å². The van der Waals surface area contributed by atoms with Crippen molar-refractivity contribution in [3.63, 3.8) is 0 Å². The molecule has 7 nitrogen and oxygen atoms in total. The van der Waals surface area contributed by atoms with Crippen LogP contribution in [-0.4, -0.2) is 26.7 Å². The molecule has 0 radical (unpaired) electrons.